The van der Waals surface area contributed by atoms with Crippen LogP contribution in [0.4, 0.5) is 4.79 Å². The summed E-state index contributed by atoms with van der Waals surface area (Å²) in [6.45, 7) is 2.40. The van der Waals surface area contributed by atoms with Crippen molar-refractivity contribution in [2.45, 2.75) is 42.7 Å². The normalized spacial score (nSPS) is 21.7. The summed E-state index contributed by atoms with van der Waals surface area (Å²) in [5.41, 5.74) is 0.932. The van der Waals surface area contributed by atoms with Gasteiger partial charge in [0.05, 0.1) is 29.3 Å². The van der Waals surface area contributed by atoms with Crippen molar-refractivity contribution in [3.8, 4) is 0 Å². The summed E-state index contributed by atoms with van der Waals surface area (Å²) >= 11 is 0. The van der Waals surface area contributed by atoms with Gasteiger partial charge < -0.3 is 9.47 Å². The lowest BCUT2D eigenvalue weighted by Gasteiger charge is -2.54. The van der Waals surface area contributed by atoms with Crippen LogP contribution in [0.5, 0.6) is 0 Å². The van der Waals surface area contributed by atoms with Crippen LogP contribution in [-0.4, -0.2) is 49.0 Å². The lowest BCUT2D eigenvalue weighted by Crippen LogP contribution is -2.66. The first-order chi connectivity index (χ1) is 20.3. The molecule has 0 unspecified atom stereocenters. The van der Waals surface area contributed by atoms with Crippen LogP contribution in [-0.2, 0) is 36.3 Å². The molecule has 3 aliphatic rings. The molecule has 3 atom stereocenters. The number of hydrogen-bond donors (Lipinski definition) is 0. The molecule has 1 saturated heterocycles. The van der Waals surface area contributed by atoms with Crippen LogP contribution in [0, 0.1) is 5.92 Å². The van der Waals surface area contributed by atoms with Crippen LogP contribution < -0.4 is 0 Å². The maximum Gasteiger partial charge on any atom is 0.410 e. The summed E-state index contributed by atoms with van der Waals surface area (Å²) in [7, 11) is -2.85. The van der Waals surface area contributed by atoms with Crippen molar-refractivity contribution in [3.05, 3.63) is 114 Å². The van der Waals surface area contributed by atoms with E-state index in [-0.39, 0.29) is 29.5 Å². The van der Waals surface area contributed by atoms with Gasteiger partial charge in [-0.1, -0.05) is 85.3 Å². The summed E-state index contributed by atoms with van der Waals surface area (Å²) in [4.78, 5) is 29.6. The summed E-state index contributed by atoms with van der Waals surface area (Å²) < 4.78 is 41.2. The minimum absolute atomic E-state index is 0.0760. The smallest absolute Gasteiger partial charge is 0.410 e. The Morgan fingerprint density at radius 1 is 0.952 bits per heavy atom. The Labute approximate surface area is 245 Å². The standard InChI is InChI=1S/C33H32N2O6S/c1-3-25-18-24-20-33(31(36)40-2,30(25)34(21-24)32(37)41-22-23-12-6-4-7-13-23)29-19-26-14-10-11-17-28(26)35(29)42(38,39)27-15-8-5-9-16-27/h4-19,24,30H,3,20-22H2,1-2H3/t24-,30+,33-/m0/s1. The number of carbonyl (C=O) groups is 2. The molecule has 0 N–H and O–H groups in total. The average Bonchev–Trinajstić information content (AvgIpc) is 3.45. The van der Waals surface area contributed by atoms with Gasteiger partial charge in [0.1, 0.15) is 12.0 Å². The van der Waals surface area contributed by atoms with E-state index in [2.05, 4.69) is 6.08 Å². The minimum Gasteiger partial charge on any atom is -0.468 e. The van der Waals surface area contributed by atoms with E-state index in [9.17, 15) is 18.0 Å². The summed E-state index contributed by atoms with van der Waals surface area (Å²) in [6, 6.07) is 25.7. The van der Waals surface area contributed by atoms with E-state index in [1.807, 2.05) is 49.4 Å². The molecule has 1 aliphatic carbocycles. The highest BCUT2D eigenvalue weighted by Gasteiger charge is 2.61. The van der Waals surface area contributed by atoms with Gasteiger partial charge in [-0.2, -0.15) is 0 Å². The number of methoxy groups -OCH3 is 1. The van der Waals surface area contributed by atoms with Crippen molar-refractivity contribution in [1.29, 1.82) is 0 Å². The molecule has 0 radical (unpaired) electrons. The second kappa shape index (κ2) is 10.8. The number of fused-ring (bicyclic) bond motifs is 3. The largest absolute Gasteiger partial charge is 0.468 e. The Morgan fingerprint density at radius 3 is 2.31 bits per heavy atom. The first-order valence-corrected chi connectivity index (χ1v) is 15.4. The van der Waals surface area contributed by atoms with Gasteiger partial charge in [0.2, 0.25) is 0 Å². The van der Waals surface area contributed by atoms with E-state index in [1.165, 1.54) is 23.2 Å². The third-order valence-corrected chi connectivity index (χ3v) is 10.1. The van der Waals surface area contributed by atoms with E-state index in [0.717, 1.165) is 11.1 Å². The molecular formula is C33H32N2O6S. The number of piperidine rings is 1. The Morgan fingerprint density at radius 2 is 1.62 bits per heavy atom. The van der Waals surface area contributed by atoms with E-state index in [1.54, 1.807) is 41.3 Å². The van der Waals surface area contributed by atoms with Gasteiger partial charge in [0, 0.05) is 11.9 Å². The van der Waals surface area contributed by atoms with Crippen molar-refractivity contribution in [1.82, 2.24) is 8.87 Å². The molecule has 42 heavy (non-hydrogen) atoms. The highest BCUT2D eigenvalue weighted by Crippen LogP contribution is 2.52. The van der Waals surface area contributed by atoms with Gasteiger partial charge >= 0.3 is 12.1 Å². The molecule has 7 rings (SSSR count). The number of ether oxygens (including phenoxy) is 2. The summed E-state index contributed by atoms with van der Waals surface area (Å²) in [5, 5.41) is 0.664. The number of rotatable bonds is 7. The number of amides is 1. The zero-order chi connectivity index (χ0) is 29.5. The molecule has 1 aromatic heterocycles. The highest BCUT2D eigenvalue weighted by atomic mass is 32.2. The number of benzene rings is 3. The first kappa shape index (κ1) is 27.8. The maximum atomic E-state index is 14.3. The van der Waals surface area contributed by atoms with Gasteiger partial charge in [0.15, 0.2) is 0 Å². The Hall–Kier alpha value is -4.37. The van der Waals surface area contributed by atoms with E-state index in [4.69, 9.17) is 9.47 Å². The van der Waals surface area contributed by atoms with Crippen molar-refractivity contribution in [3.63, 3.8) is 0 Å². The van der Waals surface area contributed by atoms with Crippen LogP contribution in [0.1, 0.15) is 31.0 Å². The Kier molecular flexibility index (Phi) is 7.14. The molecule has 216 valence electrons. The molecule has 4 aromatic rings. The van der Waals surface area contributed by atoms with Crippen LogP contribution in [0.3, 0.4) is 0 Å². The minimum atomic E-state index is -4.15. The van der Waals surface area contributed by atoms with Crippen molar-refractivity contribution >= 4 is 33.0 Å². The molecule has 3 aromatic carbocycles. The van der Waals surface area contributed by atoms with Crippen LogP contribution in [0.2, 0.25) is 0 Å². The van der Waals surface area contributed by atoms with Crippen LogP contribution in [0.25, 0.3) is 10.9 Å². The molecule has 3 heterocycles. The Bertz CT molecular complexity index is 1780. The Balaban J connectivity index is 1.55. The fourth-order valence-corrected chi connectivity index (χ4v) is 8.26. The SMILES string of the molecule is CCC1=C[C@@H]2CN(C(=O)OCc3ccccc3)[C@H]1[C@@](C(=O)OC)(c1cc3ccccc3n1S(=O)(=O)c1ccccc1)C2. The molecular weight excluding hydrogens is 552 g/mol. The van der Waals surface area contributed by atoms with Crippen molar-refractivity contribution in [2.75, 3.05) is 13.7 Å². The topological polar surface area (TPSA) is 94.9 Å². The monoisotopic (exact) mass is 584 g/mol. The lowest BCUT2D eigenvalue weighted by molar-refractivity contribution is -0.153. The summed E-state index contributed by atoms with van der Waals surface area (Å²) in [5.74, 6) is -0.802. The third kappa shape index (κ3) is 4.39. The second-order valence-electron chi connectivity index (χ2n) is 10.8. The zero-order valence-electron chi connectivity index (χ0n) is 23.5. The van der Waals surface area contributed by atoms with E-state index < -0.39 is 33.5 Å². The number of carbonyl (C=O) groups excluding carboxylic acids is 2. The molecule has 0 spiro atoms. The van der Waals surface area contributed by atoms with E-state index >= 15 is 0 Å². The molecule has 1 fully saturated rings. The summed E-state index contributed by atoms with van der Waals surface area (Å²) in [6.07, 6.45) is 2.41. The quantitative estimate of drug-likeness (QED) is 0.205. The van der Waals surface area contributed by atoms with Gasteiger partial charge in [0.25, 0.3) is 10.0 Å². The van der Waals surface area contributed by atoms with Gasteiger partial charge in [-0.05, 0) is 48.6 Å². The fraction of sp³-hybridized carbons (Fsp3) is 0.273. The van der Waals surface area contributed by atoms with E-state index in [0.29, 0.717) is 23.9 Å². The van der Waals surface area contributed by atoms with Gasteiger partial charge in [-0.15, -0.1) is 0 Å². The third-order valence-electron chi connectivity index (χ3n) is 8.40. The average molecular weight is 585 g/mol. The second-order valence-corrected chi connectivity index (χ2v) is 12.6. The zero-order valence-corrected chi connectivity index (χ0v) is 24.3. The predicted molar refractivity (Wildman–Crippen MR) is 158 cm³/mol. The highest BCUT2D eigenvalue weighted by molar-refractivity contribution is 7.90. The van der Waals surface area contributed by atoms with Crippen molar-refractivity contribution < 1.29 is 27.5 Å². The van der Waals surface area contributed by atoms with Gasteiger partial charge in [-0.3, -0.25) is 9.69 Å². The molecule has 9 heteroatoms. The molecule has 8 nitrogen and oxygen atoms in total. The lowest BCUT2D eigenvalue weighted by atomic mass is 9.60. The van der Waals surface area contributed by atoms with Crippen LogP contribution in [0.15, 0.2) is 108 Å². The number of para-hydroxylation sites is 1. The van der Waals surface area contributed by atoms with Crippen molar-refractivity contribution in [2.24, 2.45) is 5.92 Å². The molecule has 0 saturated carbocycles. The number of nitrogens with zero attached hydrogens (tertiary/aromatic N) is 2. The van der Waals surface area contributed by atoms with Crippen LogP contribution >= 0.6 is 0 Å². The van der Waals surface area contributed by atoms with Gasteiger partial charge in [-0.25, -0.2) is 17.2 Å². The number of hydrogen-bond acceptors (Lipinski definition) is 6. The molecule has 2 aliphatic heterocycles. The first-order valence-electron chi connectivity index (χ1n) is 14.0. The molecule has 1 amide bonds. The fourth-order valence-electron chi connectivity index (χ4n) is 6.65. The number of esters is 1. The predicted octanol–water partition coefficient (Wildman–Crippen LogP) is 5.67. The number of aromatic nitrogens is 1. The molecule has 2 bridgehead atoms. The maximum absolute atomic E-state index is 14.3.